The minimum Gasteiger partial charge on any atom is -0.396 e. The quantitative estimate of drug-likeness (QED) is 0.796. The molecule has 78 valence electrons. The highest BCUT2D eigenvalue weighted by Crippen LogP contribution is 2.21. The lowest BCUT2D eigenvalue weighted by atomic mass is 10.1. The molecule has 1 atom stereocenters. The van der Waals surface area contributed by atoms with E-state index in [0.29, 0.717) is 5.92 Å². The Hall–Kier alpha value is -1.25. The molecule has 0 spiro atoms. The minimum absolute atomic E-state index is 0.688. The van der Waals surface area contributed by atoms with Crippen molar-refractivity contribution < 1.29 is 0 Å². The summed E-state index contributed by atoms with van der Waals surface area (Å²) < 4.78 is 0. The summed E-state index contributed by atoms with van der Waals surface area (Å²) in [6.07, 6.45) is 4.66. The Morgan fingerprint density at radius 2 is 2.29 bits per heavy atom. The molecule has 0 aromatic carbocycles. The van der Waals surface area contributed by atoms with Crippen LogP contribution in [-0.2, 0) is 0 Å². The number of hydrogen-bond acceptors (Lipinski definition) is 3. The second kappa shape index (κ2) is 4.84. The van der Waals surface area contributed by atoms with Crippen molar-refractivity contribution >= 4 is 11.4 Å². The molecule has 0 saturated carbocycles. The first kappa shape index (κ1) is 10.8. The number of anilines is 2. The number of pyridine rings is 1. The number of nitrogens with two attached hydrogens (primary N) is 1. The third kappa shape index (κ3) is 2.62. The summed E-state index contributed by atoms with van der Waals surface area (Å²) in [5.74, 6) is 0.688. The Morgan fingerprint density at radius 1 is 1.57 bits per heavy atom. The van der Waals surface area contributed by atoms with Gasteiger partial charge in [0.15, 0.2) is 0 Å². The van der Waals surface area contributed by atoms with E-state index in [2.05, 4.69) is 30.8 Å². The molecule has 0 aliphatic heterocycles. The zero-order valence-electron chi connectivity index (χ0n) is 9.20. The lowest BCUT2D eigenvalue weighted by Crippen LogP contribution is -2.24. The Bertz CT molecular complexity index is 286. The fourth-order valence-corrected chi connectivity index (χ4v) is 1.44. The van der Waals surface area contributed by atoms with Crippen LogP contribution < -0.4 is 10.6 Å². The van der Waals surface area contributed by atoms with Crippen LogP contribution in [0.4, 0.5) is 11.4 Å². The maximum absolute atomic E-state index is 5.83. The summed E-state index contributed by atoms with van der Waals surface area (Å²) >= 11 is 0. The van der Waals surface area contributed by atoms with Gasteiger partial charge in [0, 0.05) is 19.8 Å². The molecule has 3 heteroatoms. The van der Waals surface area contributed by atoms with Crippen LogP contribution >= 0.6 is 0 Å². The first-order chi connectivity index (χ1) is 6.65. The van der Waals surface area contributed by atoms with E-state index < -0.39 is 0 Å². The maximum Gasteiger partial charge on any atom is 0.0738 e. The lowest BCUT2D eigenvalue weighted by molar-refractivity contribution is 0.560. The van der Waals surface area contributed by atoms with Crippen molar-refractivity contribution in [2.75, 3.05) is 24.2 Å². The third-order valence-corrected chi connectivity index (χ3v) is 2.52. The summed E-state index contributed by atoms with van der Waals surface area (Å²) in [6.45, 7) is 5.48. The largest absolute Gasteiger partial charge is 0.396 e. The van der Waals surface area contributed by atoms with Crippen LogP contribution in [0.1, 0.15) is 20.3 Å². The first-order valence-electron chi connectivity index (χ1n) is 5.05. The van der Waals surface area contributed by atoms with Crippen LogP contribution in [0.15, 0.2) is 18.5 Å². The molecular formula is C11H19N3. The van der Waals surface area contributed by atoms with Crippen LogP contribution in [0.3, 0.4) is 0 Å². The van der Waals surface area contributed by atoms with E-state index in [-0.39, 0.29) is 0 Å². The van der Waals surface area contributed by atoms with Crippen molar-refractivity contribution in [1.82, 2.24) is 4.98 Å². The molecule has 0 aliphatic rings. The number of nitrogens with zero attached hydrogens (tertiary/aromatic N) is 2. The predicted molar refractivity (Wildman–Crippen MR) is 61.4 cm³/mol. The summed E-state index contributed by atoms with van der Waals surface area (Å²) in [7, 11) is 2.07. The van der Waals surface area contributed by atoms with Gasteiger partial charge in [-0.2, -0.15) is 0 Å². The average molecular weight is 193 g/mol. The molecule has 1 rings (SSSR count). The van der Waals surface area contributed by atoms with E-state index in [1.807, 2.05) is 6.07 Å². The fraction of sp³-hybridized carbons (Fsp3) is 0.545. The minimum atomic E-state index is 0.688. The van der Waals surface area contributed by atoms with Gasteiger partial charge < -0.3 is 10.6 Å². The van der Waals surface area contributed by atoms with Crippen molar-refractivity contribution in [3.8, 4) is 0 Å². The molecule has 0 radical (unpaired) electrons. The number of hydrogen-bond donors (Lipinski definition) is 1. The number of aromatic nitrogens is 1. The molecule has 14 heavy (non-hydrogen) atoms. The SMILES string of the molecule is CCC(C)CN(C)c1ccncc1N. The zero-order chi connectivity index (χ0) is 10.6. The van der Waals surface area contributed by atoms with Crippen LogP contribution in [0.5, 0.6) is 0 Å². The summed E-state index contributed by atoms with van der Waals surface area (Å²) in [4.78, 5) is 6.16. The monoisotopic (exact) mass is 193 g/mol. The van der Waals surface area contributed by atoms with Gasteiger partial charge in [0.25, 0.3) is 0 Å². The van der Waals surface area contributed by atoms with E-state index >= 15 is 0 Å². The maximum atomic E-state index is 5.83. The highest BCUT2D eigenvalue weighted by atomic mass is 15.1. The van der Waals surface area contributed by atoms with Gasteiger partial charge >= 0.3 is 0 Å². The number of rotatable bonds is 4. The van der Waals surface area contributed by atoms with Gasteiger partial charge in [-0.3, -0.25) is 4.98 Å². The Kier molecular flexibility index (Phi) is 3.74. The molecule has 0 saturated heterocycles. The smallest absolute Gasteiger partial charge is 0.0738 e. The summed E-state index contributed by atoms with van der Waals surface area (Å²) in [6, 6.07) is 1.96. The highest BCUT2D eigenvalue weighted by molar-refractivity contribution is 5.65. The fourth-order valence-electron chi connectivity index (χ4n) is 1.44. The summed E-state index contributed by atoms with van der Waals surface area (Å²) in [5, 5.41) is 0. The van der Waals surface area contributed by atoms with E-state index in [0.717, 1.165) is 17.9 Å². The van der Waals surface area contributed by atoms with Gasteiger partial charge in [0.1, 0.15) is 0 Å². The van der Waals surface area contributed by atoms with Crippen molar-refractivity contribution in [3.05, 3.63) is 18.5 Å². The van der Waals surface area contributed by atoms with Gasteiger partial charge in [-0.05, 0) is 12.0 Å². The topological polar surface area (TPSA) is 42.2 Å². The van der Waals surface area contributed by atoms with Gasteiger partial charge in [-0.1, -0.05) is 20.3 Å². The molecule has 1 aromatic rings. The Labute approximate surface area is 85.9 Å². The molecule has 1 aromatic heterocycles. The van der Waals surface area contributed by atoms with Crippen LogP contribution in [0, 0.1) is 5.92 Å². The average Bonchev–Trinajstić information content (AvgIpc) is 2.18. The van der Waals surface area contributed by atoms with Crippen LogP contribution in [-0.4, -0.2) is 18.6 Å². The van der Waals surface area contributed by atoms with Crippen molar-refractivity contribution in [2.45, 2.75) is 20.3 Å². The van der Waals surface area contributed by atoms with Gasteiger partial charge in [-0.15, -0.1) is 0 Å². The van der Waals surface area contributed by atoms with Crippen molar-refractivity contribution in [3.63, 3.8) is 0 Å². The molecule has 0 fully saturated rings. The van der Waals surface area contributed by atoms with Crippen molar-refractivity contribution in [2.24, 2.45) is 5.92 Å². The van der Waals surface area contributed by atoms with E-state index in [1.165, 1.54) is 6.42 Å². The molecule has 0 aliphatic carbocycles. The second-order valence-electron chi connectivity index (χ2n) is 3.83. The van der Waals surface area contributed by atoms with Gasteiger partial charge in [0.05, 0.1) is 17.6 Å². The van der Waals surface area contributed by atoms with Crippen LogP contribution in [0.25, 0.3) is 0 Å². The molecule has 2 N–H and O–H groups in total. The predicted octanol–water partition coefficient (Wildman–Crippen LogP) is 2.15. The molecular weight excluding hydrogens is 174 g/mol. The zero-order valence-corrected chi connectivity index (χ0v) is 9.20. The summed E-state index contributed by atoms with van der Waals surface area (Å²) in [5.41, 5.74) is 7.65. The van der Waals surface area contributed by atoms with E-state index in [4.69, 9.17) is 5.73 Å². The first-order valence-corrected chi connectivity index (χ1v) is 5.05. The Balaban J connectivity index is 2.69. The molecule has 1 heterocycles. The second-order valence-corrected chi connectivity index (χ2v) is 3.83. The lowest BCUT2D eigenvalue weighted by Gasteiger charge is -2.23. The normalized spacial score (nSPS) is 12.5. The van der Waals surface area contributed by atoms with E-state index in [9.17, 15) is 0 Å². The molecule has 0 bridgehead atoms. The molecule has 1 unspecified atom stereocenters. The standard InChI is InChI=1S/C11H19N3/c1-4-9(2)8-14(3)11-5-6-13-7-10(11)12/h5-7,9H,4,8,12H2,1-3H3. The number of nitrogen functional groups attached to an aromatic ring is 1. The third-order valence-electron chi connectivity index (χ3n) is 2.52. The van der Waals surface area contributed by atoms with Crippen molar-refractivity contribution in [1.29, 1.82) is 0 Å². The molecule has 0 amide bonds. The van der Waals surface area contributed by atoms with Gasteiger partial charge in [-0.25, -0.2) is 0 Å². The van der Waals surface area contributed by atoms with Crippen LogP contribution in [0.2, 0.25) is 0 Å². The molecule has 3 nitrogen and oxygen atoms in total. The Morgan fingerprint density at radius 3 is 2.86 bits per heavy atom. The van der Waals surface area contributed by atoms with Gasteiger partial charge in [0.2, 0.25) is 0 Å². The van der Waals surface area contributed by atoms with E-state index in [1.54, 1.807) is 12.4 Å². The highest BCUT2D eigenvalue weighted by Gasteiger charge is 2.07.